The van der Waals surface area contributed by atoms with Crippen molar-refractivity contribution in [2.75, 3.05) is 23.4 Å². The summed E-state index contributed by atoms with van der Waals surface area (Å²) in [6.45, 7) is 6.18. The number of thiazole rings is 1. The van der Waals surface area contributed by atoms with E-state index in [2.05, 4.69) is 10.3 Å². The largest absolute Gasteiger partial charge is 0.494 e. The summed E-state index contributed by atoms with van der Waals surface area (Å²) in [5.41, 5.74) is 0.770. The minimum Gasteiger partial charge on any atom is -0.494 e. The van der Waals surface area contributed by atoms with Crippen LogP contribution in [-0.2, 0) is 14.6 Å². The highest BCUT2D eigenvalue weighted by atomic mass is 32.2. The zero-order valence-corrected chi connectivity index (χ0v) is 15.7. The van der Waals surface area contributed by atoms with E-state index in [9.17, 15) is 13.2 Å². The van der Waals surface area contributed by atoms with E-state index < -0.39 is 9.84 Å². The lowest BCUT2D eigenvalue weighted by Gasteiger charge is -2.06. The number of hydrogen-bond acceptors (Lipinski definition) is 6. The van der Waals surface area contributed by atoms with Crippen LogP contribution in [0.25, 0.3) is 10.2 Å². The van der Waals surface area contributed by atoms with Crippen LogP contribution in [0.5, 0.6) is 5.75 Å². The maximum Gasteiger partial charge on any atom is 0.227 e. The Labute approximate surface area is 146 Å². The Hall–Kier alpha value is -1.67. The molecule has 0 aliphatic carbocycles. The summed E-state index contributed by atoms with van der Waals surface area (Å²) in [6, 6.07) is 5.54. The second kappa shape index (κ2) is 7.94. The fraction of sp³-hybridized carbons (Fsp3) is 0.500. The molecule has 24 heavy (non-hydrogen) atoms. The number of amides is 1. The van der Waals surface area contributed by atoms with Gasteiger partial charge in [-0.2, -0.15) is 0 Å². The molecule has 0 bridgehead atoms. The maximum atomic E-state index is 12.0. The van der Waals surface area contributed by atoms with Gasteiger partial charge in [-0.3, -0.25) is 4.79 Å². The summed E-state index contributed by atoms with van der Waals surface area (Å²) in [4.78, 5) is 16.3. The standard InChI is InChI=1S/C16H22N2O4S2/c1-4-22-12-5-6-13-14(9-12)23-16(17-13)18-15(19)7-8-24(20,21)10-11(2)3/h5-6,9,11H,4,7-8,10H2,1-3H3,(H,17,18,19). The Morgan fingerprint density at radius 2 is 2.12 bits per heavy atom. The number of carbonyl (C=O) groups is 1. The summed E-state index contributed by atoms with van der Waals surface area (Å²) in [6.07, 6.45) is -0.0603. The second-order valence-corrected chi connectivity index (χ2v) is 9.15. The highest BCUT2D eigenvalue weighted by Crippen LogP contribution is 2.29. The molecule has 8 heteroatoms. The number of hydrogen-bond donors (Lipinski definition) is 1. The first-order chi connectivity index (χ1) is 11.3. The highest BCUT2D eigenvalue weighted by molar-refractivity contribution is 7.91. The monoisotopic (exact) mass is 370 g/mol. The van der Waals surface area contributed by atoms with Gasteiger partial charge in [0.05, 0.1) is 28.3 Å². The van der Waals surface area contributed by atoms with E-state index >= 15 is 0 Å². The van der Waals surface area contributed by atoms with Crippen LogP contribution in [0.2, 0.25) is 0 Å². The van der Waals surface area contributed by atoms with Crippen molar-refractivity contribution in [1.82, 2.24) is 4.98 Å². The molecule has 132 valence electrons. The molecule has 2 rings (SSSR count). The van der Waals surface area contributed by atoms with Gasteiger partial charge in [0.15, 0.2) is 15.0 Å². The Kier molecular flexibility index (Phi) is 6.17. The first-order valence-corrected chi connectivity index (χ1v) is 10.5. The Bertz CT molecular complexity index is 813. The van der Waals surface area contributed by atoms with E-state index in [0.717, 1.165) is 16.0 Å². The molecule has 0 spiro atoms. The van der Waals surface area contributed by atoms with E-state index in [1.807, 2.05) is 39.0 Å². The Morgan fingerprint density at radius 3 is 2.79 bits per heavy atom. The zero-order chi connectivity index (χ0) is 17.7. The zero-order valence-electron chi connectivity index (χ0n) is 14.0. The fourth-order valence-electron chi connectivity index (χ4n) is 2.24. The van der Waals surface area contributed by atoms with Gasteiger partial charge in [-0.15, -0.1) is 0 Å². The summed E-state index contributed by atoms with van der Waals surface area (Å²) in [7, 11) is -3.20. The fourth-order valence-corrected chi connectivity index (χ4v) is 4.83. The number of aromatic nitrogens is 1. The van der Waals surface area contributed by atoms with Gasteiger partial charge >= 0.3 is 0 Å². The molecule has 0 fully saturated rings. The van der Waals surface area contributed by atoms with Crippen LogP contribution in [0.1, 0.15) is 27.2 Å². The lowest BCUT2D eigenvalue weighted by molar-refractivity contribution is -0.115. The first kappa shape index (κ1) is 18.7. The van der Waals surface area contributed by atoms with Gasteiger partial charge in [0.1, 0.15) is 5.75 Å². The van der Waals surface area contributed by atoms with Crippen LogP contribution in [0.4, 0.5) is 5.13 Å². The number of anilines is 1. The topological polar surface area (TPSA) is 85.4 Å². The molecule has 1 amide bonds. The number of nitrogens with one attached hydrogen (secondary N) is 1. The van der Waals surface area contributed by atoms with Gasteiger partial charge in [-0.25, -0.2) is 13.4 Å². The van der Waals surface area contributed by atoms with Gasteiger partial charge in [-0.1, -0.05) is 25.2 Å². The van der Waals surface area contributed by atoms with Crippen molar-refractivity contribution in [3.05, 3.63) is 18.2 Å². The van der Waals surface area contributed by atoms with Crippen LogP contribution in [0.3, 0.4) is 0 Å². The van der Waals surface area contributed by atoms with Crippen molar-refractivity contribution in [1.29, 1.82) is 0 Å². The van der Waals surface area contributed by atoms with Gasteiger partial charge in [0.25, 0.3) is 0 Å². The number of benzene rings is 1. The molecular weight excluding hydrogens is 348 g/mol. The van der Waals surface area contributed by atoms with Crippen molar-refractivity contribution < 1.29 is 17.9 Å². The lowest BCUT2D eigenvalue weighted by atomic mass is 10.3. The van der Waals surface area contributed by atoms with E-state index in [1.54, 1.807) is 0 Å². The number of sulfone groups is 1. The third-order valence-electron chi connectivity index (χ3n) is 3.14. The first-order valence-electron chi connectivity index (χ1n) is 7.82. The minimum absolute atomic E-state index is 0.0573. The van der Waals surface area contributed by atoms with Crippen molar-refractivity contribution in [2.24, 2.45) is 5.92 Å². The normalized spacial score (nSPS) is 11.8. The third kappa shape index (κ3) is 5.45. The summed E-state index contributed by atoms with van der Waals surface area (Å²) in [5, 5.41) is 3.13. The van der Waals surface area contributed by atoms with E-state index in [-0.39, 0.29) is 29.8 Å². The van der Waals surface area contributed by atoms with Crippen LogP contribution in [0.15, 0.2) is 18.2 Å². The molecule has 1 aromatic carbocycles. The van der Waals surface area contributed by atoms with Crippen LogP contribution in [-0.4, -0.2) is 37.4 Å². The van der Waals surface area contributed by atoms with Gasteiger partial charge < -0.3 is 10.1 Å². The van der Waals surface area contributed by atoms with Crippen LogP contribution >= 0.6 is 11.3 Å². The number of nitrogens with zero attached hydrogens (tertiary/aromatic N) is 1. The molecule has 0 radical (unpaired) electrons. The predicted octanol–water partition coefficient (Wildman–Crippen LogP) is 3.09. The van der Waals surface area contributed by atoms with Crippen molar-refractivity contribution in [3.63, 3.8) is 0 Å². The summed E-state index contributed by atoms with van der Waals surface area (Å²) >= 11 is 1.34. The highest BCUT2D eigenvalue weighted by Gasteiger charge is 2.16. The van der Waals surface area contributed by atoms with E-state index in [1.165, 1.54) is 11.3 Å². The molecule has 0 unspecified atom stereocenters. The molecule has 6 nitrogen and oxygen atoms in total. The van der Waals surface area contributed by atoms with Crippen molar-refractivity contribution in [3.8, 4) is 5.75 Å². The Morgan fingerprint density at radius 1 is 1.38 bits per heavy atom. The molecule has 2 aromatic rings. The molecule has 0 aliphatic rings. The molecule has 0 saturated carbocycles. The second-order valence-electron chi connectivity index (χ2n) is 5.89. The third-order valence-corrected chi connectivity index (χ3v) is 6.08. The number of fused-ring (bicyclic) bond motifs is 1. The quantitative estimate of drug-likeness (QED) is 0.772. The number of rotatable bonds is 8. The lowest BCUT2D eigenvalue weighted by Crippen LogP contribution is -2.20. The minimum atomic E-state index is -3.20. The molecular formula is C16H22N2O4S2. The molecule has 0 saturated heterocycles. The summed E-state index contributed by atoms with van der Waals surface area (Å²) in [5.74, 6) is 0.428. The molecule has 0 atom stereocenters. The van der Waals surface area contributed by atoms with Crippen molar-refractivity contribution in [2.45, 2.75) is 27.2 Å². The Balaban J connectivity index is 1.97. The van der Waals surface area contributed by atoms with Crippen LogP contribution < -0.4 is 10.1 Å². The molecule has 1 aromatic heterocycles. The van der Waals surface area contributed by atoms with Gasteiger partial charge in [0.2, 0.25) is 5.91 Å². The number of carbonyl (C=O) groups excluding carboxylic acids is 1. The smallest absolute Gasteiger partial charge is 0.227 e. The average Bonchev–Trinajstić information content (AvgIpc) is 2.86. The SMILES string of the molecule is CCOc1ccc2nc(NC(=O)CCS(=O)(=O)CC(C)C)sc2c1. The van der Waals surface area contributed by atoms with Crippen molar-refractivity contribution >= 4 is 42.4 Å². The average molecular weight is 370 g/mol. The van der Waals surface area contributed by atoms with Gasteiger partial charge in [-0.05, 0) is 31.0 Å². The maximum absolute atomic E-state index is 12.0. The predicted molar refractivity (Wildman–Crippen MR) is 97.5 cm³/mol. The number of ether oxygens (including phenoxy) is 1. The van der Waals surface area contributed by atoms with E-state index in [0.29, 0.717) is 11.7 Å². The molecule has 1 N–H and O–H groups in total. The van der Waals surface area contributed by atoms with Gasteiger partial charge in [0, 0.05) is 6.42 Å². The summed E-state index contributed by atoms with van der Waals surface area (Å²) < 4.78 is 30.0. The molecule has 0 aliphatic heterocycles. The van der Waals surface area contributed by atoms with E-state index in [4.69, 9.17) is 4.74 Å². The molecule has 1 heterocycles. The van der Waals surface area contributed by atoms with Crippen LogP contribution in [0, 0.1) is 5.92 Å².